The lowest BCUT2D eigenvalue weighted by Gasteiger charge is -2.37. The first-order valence-corrected chi connectivity index (χ1v) is 10.2. The van der Waals surface area contributed by atoms with E-state index in [2.05, 4.69) is 11.1 Å². The van der Waals surface area contributed by atoms with Crippen LogP contribution in [0.4, 0.5) is 0 Å². The summed E-state index contributed by atoms with van der Waals surface area (Å²) >= 11 is 12.4. The van der Waals surface area contributed by atoms with Gasteiger partial charge in [0.1, 0.15) is 5.57 Å². The number of fused-ring (bicyclic) bond motifs is 1. The number of allylic oxidation sites excluding steroid dienone is 2. The second kappa shape index (κ2) is 8.50. The normalized spacial score (nSPS) is 18.5. The topological polar surface area (TPSA) is 75.4 Å². The molecule has 1 aliphatic carbocycles. The van der Waals surface area contributed by atoms with Crippen molar-refractivity contribution < 1.29 is 14.7 Å². The van der Waals surface area contributed by atoms with E-state index in [1.54, 1.807) is 24.7 Å². The number of Topliss-reactive ketones (excluding diaryl/α,β-unsaturated/α-hetero) is 1. The Hall–Kier alpha value is -2.83. The van der Waals surface area contributed by atoms with Crippen LogP contribution in [0.2, 0.25) is 10.0 Å². The zero-order valence-electron chi connectivity index (χ0n) is 16.0. The molecule has 2 heterocycles. The molecule has 0 saturated heterocycles. The zero-order valence-corrected chi connectivity index (χ0v) is 17.5. The molecule has 1 unspecified atom stereocenters. The van der Waals surface area contributed by atoms with Gasteiger partial charge in [-0.25, -0.2) is 9.78 Å². The lowest BCUT2D eigenvalue weighted by Crippen LogP contribution is -2.43. The molecule has 1 aromatic carbocycles. The number of nitrogens with zero attached hydrogens (tertiary/aromatic N) is 3. The number of halogens is 2. The molecule has 154 valence electrons. The van der Waals surface area contributed by atoms with E-state index in [1.165, 1.54) is 6.20 Å². The van der Waals surface area contributed by atoms with E-state index < -0.39 is 11.8 Å². The van der Waals surface area contributed by atoms with E-state index in [1.807, 2.05) is 27.8 Å². The van der Waals surface area contributed by atoms with E-state index in [4.69, 9.17) is 23.2 Å². The van der Waals surface area contributed by atoms with Crippen molar-refractivity contribution >= 4 is 35.0 Å². The molecule has 8 heteroatoms. The fourth-order valence-electron chi connectivity index (χ4n) is 3.80. The van der Waals surface area contributed by atoms with Gasteiger partial charge in [0.2, 0.25) is 0 Å². The fourth-order valence-corrected chi connectivity index (χ4v) is 4.18. The summed E-state index contributed by atoms with van der Waals surface area (Å²) in [5, 5.41) is 10.5. The lowest BCUT2D eigenvalue weighted by atomic mass is 9.84. The van der Waals surface area contributed by atoms with Gasteiger partial charge in [-0.1, -0.05) is 41.4 Å². The van der Waals surface area contributed by atoms with Crippen LogP contribution in [0.15, 0.2) is 72.0 Å². The van der Waals surface area contributed by atoms with E-state index >= 15 is 0 Å². The number of carboxylic acids is 1. The van der Waals surface area contributed by atoms with Crippen molar-refractivity contribution in [2.24, 2.45) is 0 Å². The summed E-state index contributed by atoms with van der Waals surface area (Å²) in [4.78, 5) is 30.5. The van der Waals surface area contributed by atoms with Crippen LogP contribution in [0.3, 0.4) is 0 Å². The Morgan fingerprint density at radius 3 is 2.83 bits per heavy atom. The van der Waals surface area contributed by atoms with Crippen molar-refractivity contribution in [3.05, 3.63) is 87.6 Å². The van der Waals surface area contributed by atoms with Gasteiger partial charge in [-0.15, -0.1) is 0 Å². The van der Waals surface area contributed by atoms with Crippen LogP contribution in [0.1, 0.15) is 12.0 Å². The van der Waals surface area contributed by atoms with Crippen LogP contribution < -0.4 is 0 Å². The van der Waals surface area contributed by atoms with Gasteiger partial charge < -0.3 is 14.6 Å². The Morgan fingerprint density at radius 1 is 1.27 bits per heavy atom. The third-order valence-corrected chi connectivity index (χ3v) is 6.20. The maximum Gasteiger partial charge on any atom is 0.341 e. The zero-order chi connectivity index (χ0) is 21.3. The second-order valence-electron chi connectivity index (χ2n) is 7.24. The Bertz CT molecular complexity index is 1090. The maximum absolute atomic E-state index is 12.9. The van der Waals surface area contributed by atoms with Crippen molar-refractivity contribution in [2.45, 2.75) is 25.4 Å². The summed E-state index contributed by atoms with van der Waals surface area (Å²) in [7, 11) is 0. The van der Waals surface area contributed by atoms with E-state index in [9.17, 15) is 14.7 Å². The number of carbonyl (C=O) groups is 2. The van der Waals surface area contributed by atoms with Gasteiger partial charge in [0.15, 0.2) is 5.78 Å². The molecule has 1 aromatic heterocycles. The highest BCUT2D eigenvalue weighted by Crippen LogP contribution is 2.33. The Labute approximate surface area is 183 Å². The number of hydrogen-bond donors (Lipinski definition) is 1. The first-order valence-electron chi connectivity index (χ1n) is 9.49. The van der Waals surface area contributed by atoms with Gasteiger partial charge >= 0.3 is 5.97 Å². The van der Waals surface area contributed by atoms with Crippen LogP contribution in [-0.4, -0.2) is 43.9 Å². The molecule has 30 heavy (non-hydrogen) atoms. The van der Waals surface area contributed by atoms with Crippen LogP contribution in [-0.2, 0) is 22.6 Å². The quantitative estimate of drug-likeness (QED) is 0.684. The summed E-state index contributed by atoms with van der Waals surface area (Å²) in [6.45, 7) is 1.20. The van der Waals surface area contributed by atoms with Crippen molar-refractivity contribution in [3.63, 3.8) is 0 Å². The fraction of sp³-hybridized carbons (Fsp3) is 0.227. The third kappa shape index (κ3) is 4.06. The van der Waals surface area contributed by atoms with E-state index in [-0.39, 0.29) is 11.6 Å². The minimum absolute atomic E-state index is 0.192. The summed E-state index contributed by atoms with van der Waals surface area (Å²) < 4.78 is 1.92. The first-order chi connectivity index (χ1) is 14.4. The van der Waals surface area contributed by atoms with Crippen molar-refractivity contribution in [1.82, 2.24) is 14.5 Å². The molecule has 1 N–H and O–H groups in total. The molecule has 4 rings (SSSR count). The summed E-state index contributed by atoms with van der Waals surface area (Å²) in [6.07, 6.45) is 11.7. The van der Waals surface area contributed by atoms with Gasteiger partial charge in [0.05, 0.1) is 22.4 Å². The highest BCUT2D eigenvalue weighted by atomic mass is 35.5. The van der Waals surface area contributed by atoms with E-state index in [0.717, 1.165) is 11.1 Å². The molecule has 0 bridgehead atoms. The van der Waals surface area contributed by atoms with Gasteiger partial charge in [-0.2, -0.15) is 0 Å². The van der Waals surface area contributed by atoms with Crippen LogP contribution >= 0.6 is 23.2 Å². The first kappa shape index (κ1) is 20.4. The number of carbonyl (C=O) groups excluding carboxylic acids is 1. The average molecular weight is 444 g/mol. The maximum atomic E-state index is 12.9. The minimum Gasteiger partial charge on any atom is -0.477 e. The lowest BCUT2D eigenvalue weighted by molar-refractivity contribution is -0.134. The van der Waals surface area contributed by atoms with E-state index in [0.29, 0.717) is 41.5 Å². The Morgan fingerprint density at radius 2 is 2.10 bits per heavy atom. The predicted molar refractivity (Wildman–Crippen MR) is 114 cm³/mol. The highest BCUT2D eigenvalue weighted by Gasteiger charge is 2.36. The van der Waals surface area contributed by atoms with Gasteiger partial charge in [0, 0.05) is 37.3 Å². The minimum atomic E-state index is -1.22. The molecular formula is C22H19Cl2N3O3. The number of hydrogen-bond acceptors (Lipinski definition) is 4. The molecule has 2 aromatic rings. The van der Waals surface area contributed by atoms with Gasteiger partial charge in [-0.05, 0) is 36.1 Å². The second-order valence-corrected chi connectivity index (χ2v) is 8.02. The number of aromatic nitrogens is 2. The Kier molecular flexibility index (Phi) is 5.79. The van der Waals surface area contributed by atoms with Gasteiger partial charge in [-0.3, -0.25) is 4.79 Å². The van der Waals surface area contributed by atoms with Gasteiger partial charge in [0.25, 0.3) is 0 Å². The highest BCUT2D eigenvalue weighted by molar-refractivity contribution is 6.42. The molecule has 0 saturated carbocycles. The van der Waals surface area contributed by atoms with Crippen molar-refractivity contribution in [3.8, 4) is 0 Å². The standard InChI is InChI=1S/C22H19Cl2N3O3/c23-18-3-1-2-15(20(18)24)10-14-4-5-19-16(11-14)21(28)17(22(29)30)12-27(19)9-8-26-7-6-25-13-26/h1-4,6-7,11-13,19H,5,8-10H2,(H,29,30). The monoisotopic (exact) mass is 443 g/mol. The average Bonchev–Trinajstić information content (AvgIpc) is 3.24. The molecule has 1 aliphatic heterocycles. The number of benzene rings is 1. The van der Waals surface area contributed by atoms with Crippen LogP contribution in [0.5, 0.6) is 0 Å². The SMILES string of the molecule is O=C(O)C1=CN(CCn2ccnc2)C2CC=C(Cc3cccc(Cl)c3Cl)C=C2C1=O. The molecule has 0 fully saturated rings. The third-order valence-electron chi connectivity index (χ3n) is 5.34. The number of rotatable bonds is 6. The molecule has 1 atom stereocenters. The Balaban J connectivity index is 1.60. The number of aliphatic carboxylic acids is 1. The van der Waals surface area contributed by atoms with Crippen LogP contribution in [0, 0.1) is 0 Å². The molecule has 0 amide bonds. The van der Waals surface area contributed by atoms with Crippen LogP contribution in [0.25, 0.3) is 0 Å². The molecule has 0 radical (unpaired) electrons. The summed E-state index contributed by atoms with van der Waals surface area (Å²) in [6, 6.07) is 5.26. The molecular weight excluding hydrogens is 425 g/mol. The molecule has 6 nitrogen and oxygen atoms in total. The smallest absolute Gasteiger partial charge is 0.341 e. The molecule has 2 aliphatic rings. The predicted octanol–water partition coefficient (Wildman–Crippen LogP) is 3.91. The number of ketones is 1. The van der Waals surface area contributed by atoms with Crippen molar-refractivity contribution in [2.75, 3.05) is 6.54 Å². The largest absolute Gasteiger partial charge is 0.477 e. The number of imidazole rings is 1. The molecule has 0 spiro atoms. The van der Waals surface area contributed by atoms with Crippen molar-refractivity contribution in [1.29, 1.82) is 0 Å². The number of carboxylic acid groups (broad SMARTS) is 1. The summed E-state index contributed by atoms with van der Waals surface area (Å²) in [5.74, 6) is -1.66. The summed E-state index contributed by atoms with van der Waals surface area (Å²) in [5.41, 5.74) is 2.06.